The van der Waals surface area contributed by atoms with Crippen molar-refractivity contribution in [2.75, 3.05) is 0 Å². The van der Waals surface area contributed by atoms with Crippen LogP contribution >= 0.6 is 0 Å². The fraction of sp³-hybridized carbons (Fsp3) is 0. The molecule has 0 aliphatic rings. The summed E-state index contributed by atoms with van der Waals surface area (Å²) in [5.74, 6) is 1.82. The van der Waals surface area contributed by atoms with Gasteiger partial charge in [0.15, 0.2) is 17.5 Å². The highest BCUT2D eigenvalue weighted by Crippen LogP contribution is 2.39. The zero-order chi connectivity index (χ0) is 33.7. The van der Waals surface area contributed by atoms with E-state index < -0.39 is 0 Å². The highest BCUT2D eigenvalue weighted by atomic mass is 16.3. The minimum absolute atomic E-state index is 0.597. The van der Waals surface area contributed by atoms with E-state index in [0.717, 1.165) is 60.5 Å². The van der Waals surface area contributed by atoms with Crippen molar-refractivity contribution in [3.8, 4) is 56.4 Å². The van der Waals surface area contributed by atoms with Gasteiger partial charge in [0.05, 0.1) is 0 Å². The molecular weight excluding hydrogens is 623 g/mol. The average molecular weight is 652 g/mol. The Bertz CT molecular complexity index is 2910. The Hall–Kier alpha value is -6.91. The van der Waals surface area contributed by atoms with Crippen molar-refractivity contribution in [3.05, 3.63) is 176 Å². The van der Waals surface area contributed by atoms with Gasteiger partial charge >= 0.3 is 0 Å². The second kappa shape index (κ2) is 11.9. The summed E-state index contributed by atoms with van der Waals surface area (Å²) in [6.45, 7) is 0. The van der Waals surface area contributed by atoms with Crippen molar-refractivity contribution in [2.24, 2.45) is 0 Å². The van der Waals surface area contributed by atoms with Gasteiger partial charge in [-0.3, -0.25) is 0 Å². The Balaban J connectivity index is 1.23. The summed E-state index contributed by atoms with van der Waals surface area (Å²) in [6, 6.07) is 61.0. The van der Waals surface area contributed by atoms with Gasteiger partial charge in [-0.1, -0.05) is 152 Å². The first-order valence-corrected chi connectivity index (χ1v) is 17.1. The largest absolute Gasteiger partial charge is 0.456 e. The van der Waals surface area contributed by atoms with Crippen LogP contribution in [-0.4, -0.2) is 15.0 Å². The van der Waals surface area contributed by atoms with Crippen molar-refractivity contribution >= 4 is 43.5 Å². The third-order valence-corrected chi connectivity index (χ3v) is 9.74. The predicted octanol–water partition coefficient (Wildman–Crippen LogP) is 12.4. The Morgan fingerprint density at radius 3 is 1.67 bits per heavy atom. The zero-order valence-electron chi connectivity index (χ0n) is 27.5. The molecule has 8 aromatic carbocycles. The molecule has 0 saturated heterocycles. The number of benzene rings is 8. The number of hydrogen-bond donors (Lipinski definition) is 0. The van der Waals surface area contributed by atoms with Crippen LogP contribution in [0.25, 0.3) is 99.9 Å². The smallest absolute Gasteiger partial charge is 0.164 e. The molecule has 2 heterocycles. The molecule has 0 radical (unpaired) electrons. The second-order valence-electron chi connectivity index (χ2n) is 12.8. The highest BCUT2D eigenvalue weighted by Gasteiger charge is 2.20. The molecule has 4 nitrogen and oxygen atoms in total. The van der Waals surface area contributed by atoms with E-state index in [0.29, 0.717) is 17.5 Å². The van der Waals surface area contributed by atoms with Crippen LogP contribution < -0.4 is 0 Å². The topological polar surface area (TPSA) is 51.8 Å². The summed E-state index contributed by atoms with van der Waals surface area (Å²) < 4.78 is 6.28. The van der Waals surface area contributed by atoms with Crippen LogP contribution in [-0.2, 0) is 0 Å². The van der Waals surface area contributed by atoms with Crippen LogP contribution in [0.1, 0.15) is 0 Å². The number of rotatable bonds is 5. The summed E-state index contributed by atoms with van der Waals surface area (Å²) in [5.41, 5.74) is 8.98. The van der Waals surface area contributed by atoms with Crippen LogP contribution in [0.3, 0.4) is 0 Å². The Morgan fingerprint density at radius 1 is 0.314 bits per heavy atom. The molecule has 0 unspecified atom stereocenters. The molecule has 0 fully saturated rings. The first-order valence-electron chi connectivity index (χ1n) is 17.1. The molecule has 0 amide bonds. The zero-order valence-corrected chi connectivity index (χ0v) is 27.5. The minimum Gasteiger partial charge on any atom is -0.456 e. The molecular formula is C47H29N3O. The van der Waals surface area contributed by atoms with Crippen molar-refractivity contribution in [3.63, 3.8) is 0 Å². The maximum absolute atomic E-state index is 6.28. The first-order chi connectivity index (χ1) is 25.3. The van der Waals surface area contributed by atoms with E-state index in [-0.39, 0.29) is 0 Å². The summed E-state index contributed by atoms with van der Waals surface area (Å²) >= 11 is 0. The third-order valence-electron chi connectivity index (χ3n) is 9.74. The van der Waals surface area contributed by atoms with Crippen LogP contribution in [0.4, 0.5) is 0 Å². The molecule has 4 heteroatoms. The van der Waals surface area contributed by atoms with E-state index in [1.54, 1.807) is 0 Å². The van der Waals surface area contributed by atoms with Crippen molar-refractivity contribution in [2.45, 2.75) is 0 Å². The van der Waals surface area contributed by atoms with Gasteiger partial charge in [0.25, 0.3) is 0 Å². The molecule has 0 aliphatic heterocycles. The van der Waals surface area contributed by atoms with Gasteiger partial charge in [0, 0.05) is 27.5 Å². The summed E-state index contributed by atoms with van der Waals surface area (Å²) in [7, 11) is 0. The lowest BCUT2D eigenvalue weighted by Crippen LogP contribution is -2.01. The SMILES string of the molecule is c1ccc(-c2ccccc2-c2nc(-c3ccc4cc(-c5ccccc5)c5ccccc5c4c3)nc(-c3cccc4oc5ccccc5c34)n2)cc1. The third kappa shape index (κ3) is 4.96. The number of aromatic nitrogens is 3. The monoisotopic (exact) mass is 651 g/mol. The number of furan rings is 1. The Kier molecular flexibility index (Phi) is 6.78. The first kappa shape index (κ1) is 29.0. The number of hydrogen-bond acceptors (Lipinski definition) is 4. The number of fused-ring (bicyclic) bond motifs is 6. The molecule has 0 atom stereocenters. The van der Waals surface area contributed by atoms with Gasteiger partial charge in [-0.15, -0.1) is 0 Å². The van der Waals surface area contributed by atoms with Crippen molar-refractivity contribution < 1.29 is 4.42 Å². The van der Waals surface area contributed by atoms with E-state index in [2.05, 4.69) is 133 Å². The van der Waals surface area contributed by atoms with E-state index in [1.165, 1.54) is 21.9 Å². The van der Waals surface area contributed by atoms with E-state index in [9.17, 15) is 0 Å². The quantitative estimate of drug-likeness (QED) is 0.174. The molecule has 2 aromatic heterocycles. The molecule has 0 spiro atoms. The van der Waals surface area contributed by atoms with E-state index in [1.807, 2.05) is 42.5 Å². The average Bonchev–Trinajstić information content (AvgIpc) is 3.60. The van der Waals surface area contributed by atoms with Gasteiger partial charge < -0.3 is 4.42 Å². The molecule has 0 saturated carbocycles. The number of para-hydroxylation sites is 1. The lowest BCUT2D eigenvalue weighted by Gasteiger charge is -2.14. The standard InChI is InChI=1S/C47H29N3O/c1-3-14-30(15-4-1)34-18-7-10-21-37(34)46-48-45(49-47(50-46)39-23-13-25-43-44(39)38-22-11-12-24-42(38)51-43)33-27-26-32-28-40(31-16-5-2-6-17-31)35-19-8-9-20-36(35)41(32)29-33/h1-29H. The van der Waals surface area contributed by atoms with Crippen molar-refractivity contribution in [1.82, 2.24) is 15.0 Å². The maximum atomic E-state index is 6.28. The molecule has 0 aliphatic carbocycles. The summed E-state index contributed by atoms with van der Waals surface area (Å²) in [5, 5.41) is 6.73. The molecule has 10 aromatic rings. The van der Waals surface area contributed by atoms with E-state index >= 15 is 0 Å². The van der Waals surface area contributed by atoms with Crippen LogP contribution in [0.15, 0.2) is 180 Å². The maximum Gasteiger partial charge on any atom is 0.164 e. The van der Waals surface area contributed by atoms with Crippen LogP contribution in [0.5, 0.6) is 0 Å². The highest BCUT2D eigenvalue weighted by molar-refractivity contribution is 6.15. The lowest BCUT2D eigenvalue weighted by atomic mass is 9.92. The second-order valence-corrected chi connectivity index (χ2v) is 12.8. The predicted molar refractivity (Wildman–Crippen MR) is 209 cm³/mol. The summed E-state index contributed by atoms with van der Waals surface area (Å²) in [4.78, 5) is 15.7. The normalized spacial score (nSPS) is 11.5. The van der Waals surface area contributed by atoms with Crippen LogP contribution in [0.2, 0.25) is 0 Å². The number of nitrogens with zero attached hydrogens (tertiary/aromatic N) is 3. The van der Waals surface area contributed by atoms with Gasteiger partial charge in [-0.05, 0) is 68.1 Å². The van der Waals surface area contributed by atoms with Gasteiger partial charge in [-0.2, -0.15) is 0 Å². The van der Waals surface area contributed by atoms with Crippen LogP contribution in [0, 0.1) is 0 Å². The molecule has 238 valence electrons. The van der Waals surface area contributed by atoms with Gasteiger partial charge in [0.1, 0.15) is 11.2 Å². The lowest BCUT2D eigenvalue weighted by molar-refractivity contribution is 0.669. The summed E-state index contributed by atoms with van der Waals surface area (Å²) in [6.07, 6.45) is 0. The van der Waals surface area contributed by atoms with Crippen molar-refractivity contribution in [1.29, 1.82) is 0 Å². The molecule has 10 rings (SSSR count). The van der Waals surface area contributed by atoms with E-state index in [4.69, 9.17) is 19.4 Å². The fourth-order valence-corrected chi connectivity index (χ4v) is 7.35. The fourth-order valence-electron chi connectivity index (χ4n) is 7.35. The molecule has 0 N–H and O–H groups in total. The molecule has 0 bridgehead atoms. The minimum atomic E-state index is 0.597. The van der Waals surface area contributed by atoms with Gasteiger partial charge in [0.2, 0.25) is 0 Å². The Labute approximate surface area is 294 Å². The molecule has 51 heavy (non-hydrogen) atoms. The van der Waals surface area contributed by atoms with Gasteiger partial charge in [-0.25, -0.2) is 15.0 Å². The Morgan fingerprint density at radius 2 is 0.882 bits per heavy atom.